The maximum absolute atomic E-state index is 6.18. The molecule has 3 heterocycles. The Morgan fingerprint density at radius 2 is 1.65 bits per heavy atom. The third-order valence-corrected chi connectivity index (χ3v) is 5.50. The van der Waals surface area contributed by atoms with Crippen molar-refractivity contribution in [2.24, 2.45) is 0 Å². The van der Waals surface area contributed by atoms with Gasteiger partial charge in [0.25, 0.3) is 0 Å². The number of nitrogens with one attached hydrogen (secondary N) is 1. The normalized spacial score (nSPS) is 12.8. The molecule has 0 unspecified atom stereocenters. The van der Waals surface area contributed by atoms with E-state index in [0.717, 1.165) is 22.9 Å². The molecule has 4 aromatic rings. The van der Waals surface area contributed by atoms with Crippen LogP contribution in [0.3, 0.4) is 0 Å². The summed E-state index contributed by atoms with van der Waals surface area (Å²) >= 11 is 3.52. The summed E-state index contributed by atoms with van der Waals surface area (Å²) < 4.78 is 8.73. The largest absolute Gasteiger partial charge is 0.451 e. The Balaban J connectivity index is 1.93. The third-order valence-electron chi connectivity index (χ3n) is 3.64. The Morgan fingerprint density at radius 3 is 2.60 bits per heavy atom. The highest BCUT2D eigenvalue weighted by molar-refractivity contribution is 7.21. The number of benzene rings is 2. The van der Waals surface area contributed by atoms with Gasteiger partial charge in [-0.05, 0) is 35.0 Å². The van der Waals surface area contributed by atoms with E-state index in [1.54, 1.807) is 22.7 Å². The summed E-state index contributed by atoms with van der Waals surface area (Å²) in [6.07, 6.45) is 0. The van der Waals surface area contributed by atoms with Crippen molar-refractivity contribution in [3.63, 3.8) is 0 Å². The highest BCUT2D eigenvalue weighted by atomic mass is 32.1. The summed E-state index contributed by atoms with van der Waals surface area (Å²) in [5, 5.41) is 10.3. The van der Waals surface area contributed by atoms with Crippen LogP contribution in [0.25, 0.3) is 20.2 Å². The number of rotatable bonds is 0. The molecule has 96 valence electrons. The lowest BCUT2D eigenvalue weighted by Crippen LogP contribution is -2.02. The maximum atomic E-state index is 6.18. The van der Waals surface area contributed by atoms with Crippen LogP contribution in [0.15, 0.2) is 47.2 Å². The van der Waals surface area contributed by atoms with Crippen LogP contribution in [0, 0.1) is 0 Å². The minimum atomic E-state index is 0.893. The molecule has 1 aliphatic rings. The Bertz CT molecular complexity index is 889. The molecule has 2 aromatic heterocycles. The molecule has 2 nitrogen and oxygen atoms in total. The van der Waals surface area contributed by atoms with Crippen molar-refractivity contribution in [1.82, 2.24) is 0 Å². The summed E-state index contributed by atoms with van der Waals surface area (Å²) in [6.45, 7) is 0. The molecule has 1 aliphatic heterocycles. The lowest BCUT2D eigenvalue weighted by atomic mass is 10.1. The van der Waals surface area contributed by atoms with Crippen molar-refractivity contribution >= 4 is 54.2 Å². The SMILES string of the molecule is c1ccc2c(c1)Nc1c(c3sccc3c3sccc13)O2. The zero-order chi connectivity index (χ0) is 13.1. The second-order valence-electron chi connectivity index (χ2n) is 4.75. The topological polar surface area (TPSA) is 21.3 Å². The summed E-state index contributed by atoms with van der Waals surface area (Å²) in [5.74, 6) is 1.85. The van der Waals surface area contributed by atoms with Gasteiger partial charge in [-0.15, -0.1) is 22.7 Å². The van der Waals surface area contributed by atoms with Gasteiger partial charge in [0, 0.05) is 15.5 Å². The summed E-state index contributed by atoms with van der Waals surface area (Å²) in [7, 11) is 0. The van der Waals surface area contributed by atoms with Crippen LogP contribution in [0.4, 0.5) is 11.4 Å². The molecule has 0 spiro atoms. The standard InChI is InChI=1S/C16H9NOS2/c1-2-4-12-11(3-1)17-13-9-5-7-19-15(9)10-6-8-20-16(10)14(13)18-12/h1-8,17H. The fourth-order valence-corrected chi connectivity index (χ4v) is 4.63. The fourth-order valence-electron chi connectivity index (χ4n) is 2.74. The minimum absolute atomic E-state index is 0.893. The Hall–Kier alpha value is -2.04. The number of anilines is 2. The van der Waals surface area contributed by atoms with E-state index in [-0.39, 0.29) is 0 Å². The van der Waals surface area contributed by atoms with Crippen LogP contribution >= 0.6 is 22.7 Å². The molecule has 20 heavy (non-hydrogen) atoms. The number of ether oxygens (including phenoxy) is 1. The van der Waals surface area contributed by atoms with Crippen molar-refractivity contribution in [1.29, 1.82) is 0 Å². The molecular formula is C16H9NOS2. The first-order valence-electron chi connectivity index (χ1n) is 6.36. The monoisotopic (exact) mass is 295 g/mol. The molecular weight excluding hydrogens is 286 g/mol. The molecule has 0 fully saturated rings. The van der Waals surface area contributed by atoms with Crippen LogP contribution in [0.1, 0.15) is 0 Å². The molecule has 4 heteroatoms. The van der Waals surface area contributed by atoms with Gasteiger partial charge >= 0.3 is 0 Å². The molecule has 0 radical (unpaired) electrons. The predicted molar refractivity (Wildman–Crippen MR) is 87.0 cm³/mol. The number of hydrogen-bond donors (Lipinski definition) is 1. The minimum Gasteiger partial charge on any atom is -0.451 e. The average molecular weight is 295 g/mol. The van der Waals surface area contributed by atoms with Gasteiger partial charge < -0.3 is 10.1 Å². The van der Waals surface area contributed by atoms with Crippen molar-refractivity contribution in [2.45, 2.75) is 0 Å². The molecule has 0 saturated heterocycles. The van der Waals surface area contributed by atoms with Gasteiger partial charge in [-0.3, -0.25) is 0 Å². The van der Waals surface area contributed by atoms with Gasteiger partial charge in [0.1, 0.15) is 0 Å². The van der Waals surface area contributed by atoms with Crippen LogP contribution in [-0.2, 0) is 0 Å². The number of fused-ring (bicyclic) bond motifs is 7. The number of thiophene rings is 2. The van der Waals surface area contributed by atoms with Gasteiger partial charge in [0.2, 0.25) is 0 Å². The lowest BCUT2D eigenvalue weighted by molar-refractivity contribution is 0.488. The molecule has 0 amide bonds. The maximum Gasteiger partial charge on any atom is 0.169 e. The first-order chi connectivity index (χ1) is 9.92. The third kappa shape index (κ3) is 1.27. The fraction of sp³-hybridized carbons (Fsp3) is 0. The molecule has 2 aromatic carbocycles. The predicted octanol–water partition coefficient (Wildman–Crippen LogP) is 5.97. The van der Waals surface area contributed by atoms with E-state index in [1.165, 1.54) is 20.2 Å². The second-order valence-corrected chi connectivity index (χ2v) is 6.59. The Kier molecular flexibility index (Phi) is 2.01. The highest BCUT2D eigenvalue weighted by Crippen LogP contribution is 2.52. The van der Waals surface area contributed by atoms with Gasteiger partial charge in [0.15, 0.2) is 11.5 Å². The highest BCUT2D eigenvalue weighted by Gasteiger charge is 2.23. The van der Waals surface area contributed by atoms with Crippen molar-refractivity contribution in [3.8, 4) is 11.5 Å². The van der Waals surface area contributed by atoms with E-state index in [1.807, 2.05) is 18.2 Å². The van der Waals surface area contributed by atoms with Gasteiger partial charge in [-0.2, -0.15) is 0 Å². The quantitative estimate of drug-likeness (QED) is 0.380. The lowest BCUT2D eigenvalue weighted by Gasteiger charge is -2.23. The Labute approximate surface area is 123 Å². The number of hydrogen-bond acceptors (Lipinski definition) is 4. The van der Waals surface area contributed by atoms with Crippen LogP contribution in [-0.4, -0.2) is 0 Å². The molecule has 5 rings (SSSR count). The van der Waals surface area contributed by atoms with E-state index in [0.29, 0.717) is 0 Å². The van der Waals surface area contributed by atoms with E-state index in [9.17, 15) is 0 Å². The summed E-state index contributed by atoms with van der Waals surface area (Å²) in [4.78, 5) is 0. The summed E-state index contributed by atoms with van der Waals surface area (Å²) in [5.41, 5.74) is 2.12. The van der Waals surface area contributed by atoms with Crippen molar-refractivity contribution in [2.75, 3.05) is 5.32 Å². The average Bonchev–Trinajstić information content (AvgIpc) is 3.14. The van der Waals surface area contributed by atoms with Crippen LogP contribution in [0.5, 0.6) is 11.5 Å². The second kappa shape index (κ2) is 3.75. The summed E-state index contributed by atoms with van der Waals surface area (Å²) in [6, 6.07) is 12.4. The van der Waals surface area contributed by atoms with Gasteiger partial charge in [-0.1, -0.05) is 12.1 Å². The van der Waals surface area contributed by atoms with Gasteiger partial charge in [-0.25, -0.2) is 0 Å². The van der Waals surface area contributed by atoms with E-state index in [4.69, 9.17) is 4.74 Å². The first kappa shape index (κ1) is 10.7. The van der Waals surface area contributed by atoms with Crippen molar-refractivity contribution < 1.29 is 4.74 Å². The van der Waals surface area contributed by atoms with Crippen LogP contribution < -0.4 is 10.1 Å². The first-order valence-corrected chi connectivity index (χ1v) is 8.12. The Morgan fingerprint density at radius 1 is 0.850 bits per heavy atom. The molecule has 0 bridgehead atoms. The van der Waals surface area contributed by atoms with Crippen LogP contribution in [0.2, 0.25) is 0 Å². The number of para-hydroxylation sites is 2. The zero-order valence-electron chi connectivity index (χ0n) is 10.3. The van der Waals surface area contributed by atoms with E-state index in [2.05, 4.69) is 34.3 Å². The molecule has 0 saturated carbocycles. The van der Waals surface area contributed by atoms with E-state index < -0.39 is 0 Å². The molecule has 1 N–H and O–H groups in total. The zero-order valence-corrected chi connectivity index (χ0v) is 12.0. The van der Waals surface area contributed by atoms with Crippen molar-refractivity contribution in [3.05, 3.63) is 47.2 Å². The molecule has 0 aliphatic carbocycles. The van der Waals surface area contributed by atoms with E-state index >= 15 is 0 Å². The van der Waals surface area contributed by atoms with Gasteiger partial charge in [0.05, 0.1) is 16.1 Å². The molecule has 0 atom stereocenters. The smallest absolute Gasteiger partial charge is 0.169 e.